The van der Waals surface area contributed by atoms with Crippen LogP contribution in [0.3, 0.4) is 0 Å². The number of benzene rings is 14. The number of nitriles is 1. The molecule has 0 aliphatic heterocycles. The molecule has 0 saturated heterocycles. The second kappa shape index (κ2) is 18.7. The van der Waals surface area contributed by atoms with Crippen molar-refractivity contribution in [3.05, 3.63) is 272 Å². The zero-order valence-corrected chi connectivity index (χ0v) is 52.2. The molecule has 0 spiro atoms. The van der Waals surface area contributed by atoms with Crippen molar-refractivity contribution in [3.63, 3.8) is 0 Å². The van der Waals surface area contributed by atoms with Crippen LogP contribution in [-0.2, 0) is 0 Å². The summed E-state index contributed by atoms with van der Waals surface area (Å²) in [6, 6.07) is 100. The van der Waals surface area contributed by atoms with Crippen molar-refractivity contribution in [2.24, 2.45) is 0 Å². The Morgan fingerprint density at radius 2 is 0.574 bits per heavy atom. The number of aromatic nitrogens is 3. The lowest BCUT2D eigenvalue weighted by Gasteiger charge is -2.29. The van der Waals surface area contributed by atoms with E-state index < -0.39 is 0 Å². The molecule has 22 aromatic rings. The fraction of sp³-hybridized carbons (Fsp3) is 0. The van der Waals surface area contributed by atoms with Crippen LogP contribution in [0.1, 0.15) is 5.56 Å². The first-order chi connectivity index (χ1) is 46.6. The maximum atomic E-state index is 13.4. The summed E-state index contributed by atoms with van der Waals surface area (Å²) in [5.41, 5.74) is 15.6. The minimum Gasteiger partial charge on any atom is -0.456 e. The average molecular weight is 1250 g/mol. The highest BCUT2D eigenvalue weighted by molar-refractivity contribution is 7.27. The van der Waals surface area contributed by atoms with Crippen molar-refractivity contribution >= 4 is 204 Å². The number of hydrogen-bond acceptors (Lipinski definition) is 6. The first-order valence-electron chi connectivity index (χ1n) is 31.6. The predicted octanol–water partition coefficient (Wildman–Crippen LogP) is 25.1. The molecule has 0 radical (unpaired) electrons. The van der Waals surface area contributed by atoms with Crippen molar-refractivity contribution in [3.8, 4) is 45.4 Å². The molecule has 8 aromatic heterocycles. The third kappa shape index (κ3) is 6.55. The van der Waals surface area contributed by atoms with Crippen LogP contribution in [0.15, 0.2) is 276 Å². The summed E-state index contributed by atoms with van der Waals surface area (Å²) in [5, 5.41) is 31.4. The maximum absolute atomic E-state index is 13.4. The fourth-order valence-electron chi connectivity index (χ4n) is 16.4. The Kier molecular flexibility index (Phi) is 10.1. The Hall–Kier alpha value is -11.8. The van der Waals surface area contributed by atoms with E-state index in [0.29, 0.717) is 5.56 Å². The molecule has 0 unspecified atom stereocenters. The fourth-order valence-corrected chi connectivity index (χ4v) is 20.2. The molecule has 0 fully saturated rings. The number of furan rings is 2. The van der Waals surface area contributed by atoms with Crippen molar-refractivity contribution < 1.29 is 8.83 Å². The van der Waals surface area contributed by atoms with E-state index in [1.807, 2.05) is 46.1 Å². The summed E-state index contributed by atoms with van der Waals surface area (Å²) in [6.07, 6.45) is 0. The van der Waals surface area contributed by atoms with E-state index >= 15 is 0 Å². The Morgan fingerprint density at radius 1 is 0.255 bits per heavy atom. The number of fused-ring (bicyclic) bond motifs is 27. The minimum absolute atomic E-state index is 0.514. The van der Waals surface area contributed by atoms with Crippen LogP contribution in [0.25, 0.3) is 209 Å². The van der Waals surface area contributed by atoms with E-state index in [4.69, 9.17) is 8.83 Å². The molecule has 0 amide bonds. The van der Waals surface area contributed by atoms with Crippen LogP contribution < -0.4 is 0 Å². The lowest BCUT2D eigenvalue weighted by atomic mass is 9.84. The second-order valence-corrected chi connectivity index (χ2v) is 27.9. The molecule has 0 saturated carbocycles. The summed E-state index contributed by atoms with van der Waals surface area (Å²) in [6.45, 7) is 0. The predicted molar refractivity (Wildman–Crippen MR) is 398 cm³/mol. The Labute approximate surface area is 545 Å². The number of rotatable bonds is 5. The zero-order chi connectivity index (χ0) is 61.2. The summed E-state index contributed by atoms with van der Waals surface area (Å²) < 4.78 is 29.0. The van der Waals surface area contributed by atoms with E-state index in [1.54, 1.807) is 0 Å². The largest absolute Gasteiger partial charge is 0.456 e. The highest BCUT2D eigenvalue weighted by Crippen LogP contribution is 2.57. The SMILES string of the molecule is N#Cc1c(-c2cccc3oc4ccccc4c23)c(-n2c3ccccc3c3c4sc5ccccc5c4ccc32)c(-n2c3ccccc3c3c4sc5ccccc5c4ccc32)c(-n2c3ccccc3c3c4sc5ccccc5c4ccc32)c1-c1cccc2oc3ccccc3c12. The van der Waals surface area contributed by atoms with Crippen LogP contribution in [0.4, 0.5) is 0 Å². The normalized spacial score (nSPS) is 12.5. The quantitative estimate of drug-likeness (QED) is 0.172. The van der Waals surface area contributed by atoms with E-state index in [0.717, 1.165) is 143 Å². The number of nitrogens with zero attached hydrogens (tertiary/aromatic N) is 4. The summed E-state index contributed by atoms with van der Waals surface area (Å²) >= 11 is 5.56. The average Bonchev–Trinajstić information content (AvgIpc) is 1.43. The van der Waals surface area contributed by atoms with Gasteiger partial charge in [0.2, 0.25) is 0 Å². The van der Waals surface area contributed by atoms with Gasteiger partial charge in [-0.3, -0.25) is 0 Å². The zero-order valence-electron chi connectivity index (χ0n) is 49.7. The van der Waals surface area contributed by atoms with Gasteiger partial charge in [0.1, 0.15) is 28.4 Å². The molecule has 0 atom stereocenters. The van der Waals surface area contributed by atoms with Crippen molar-refractivity contribution in [2.75, 3.05) is 0 Å². The molecule has 0 aliphatic rings. The lowest BCUT2D eigenvalue weighted by molar-refractivity contribution is 0.668. The van der Waals surface area contributed by atoms with E-state index in [-0.39, 0.29) is 0 Å². The summed E-state index contributed by atoms with van der Waals surface area (Å²) in [4.78, 5) is 0. The molecular formula is C85H44N4O2S3. The van der Waals surface area contributed by atoms with Crippen LogP contribution >= 0.6 is 34.0 Å². The molecule has 0 bridgehead atoms. The molecule has 0 aliphatic carbocycles. The van der Waals surface area contributed by atoms with Crippen molar-refractivity contribution in [2.45, 2.75) is 0 Å². The third-order valence-corrected chi connectivity index (χ3v) is 23.7. The number of thiophene rings is 3. The molecule has 0 N–H and O–H groups in total. The third-order valence-electron chi connectivity index (χ3n) is 20.1. The van der Waals surface area contributed by atoms with Gasteiger partial charge < -0.3 is 22.5 Å². The molecule has 94 heavy (non-hydrogen) atoms. The Morgan fingerprint density at radius 3 is 0.957 bits per heavy atom. The maximum Gasteiger partial charge on any atom is 0.136 e. The Balaban J connectivity index is 1.08. The van der Waals surface area contributed by atoms with Gasteiger partial charge in [-0.15, -0.1) is 34.0 Å². The minimum atomic E-state index is 0.514. The number of para-hydroxylation sites is 5. The van der Waals surface area contributed by atoms with Gasteiger partial charge in [0, 0.05) is 126 Å². The molecule has 8 heterocycles. The smallest absolute Gasteiger partial charge is 0.136 e. The Bertz CT molecular complexity index is 6880. The van der Waals surface area contributed by atoms with Gasteiger partial charge in [-0.25, -0.2) is 0 Å². The van der Waals surface area contributed by atoms with Gasteiger partial charge in [0.05, 0.1) is 55.7 Å². The first kappa shape index (κ1) is 50.9. The van der Waals surface area contributed by atoms with Gasteiger partial charge in [0.15, 0.2) is 0 Å². The highest BCUT2D eigenvalue weighted by Gasteiger charge is 2.37. The standard InChI is InChI=1S/C85H44N4O2S3/c86-45-59-75(57-27-17-34-68-73(57)55-25-4-12-32-66(55)90-68)80(87-60-29-9-1-22-52(60)77-63(87)42-39-49-46-19-6-14-36-70(46)92-83(49)77)82(89-62-31-11-3-24-54(62)79-65(89)44-41-51-48-21-8-16-38-72(48)94-85(51)79)81(76(59)58-28-18-35-69-74(58)56-26-5-13-33-67(56)91-69)88-61-30-10-2-23-53(61)78-64(88)43-40-50-47-20-7-15-37-71(47)93-84(50)78/h1-44H. The van der Waals surface area contributed by atoms with E-state index in [1.165, 1.54) is 65.9 Å². The van der Waals surface area contributed by atoms with Gasteiger partial charge in [-0.2, -0.15) is 5.26 Å². The summed E-state index contributed by atoms with van der Waals surface area (Å²) in [5.74, 6) is 0. The van der Waals surface area contributed by atoms with Crippen LogP contribution in [0.5, 0.6) is 0 Å². The molecule has 434 valence electrons. The van der Waals surface area contributed by atoms with Gasteiger partial charge in [-0.1, -0.05) is 188 Å². The molecule has 9 heteroatoms. The summed E-state index contributed by atoms with van der Waals surface area (Å²) in [7, 11) is 0. The van der Waals surface area contributed by atoms with Gasteiger partial charge in [-0.05, 0) is 90.0 Å². The van der Waals surface area contributed by atoms with Crippen molar-refractivity contribution in [1.29, 1.82) is 5.26 Å². The van der Waals surface area contributed by atoms with Crippen LogP contribution in [0, 0.1) is 11.3 Å². The second-order valence-electron chi connectivity index (χ2n) is 24.7. The van der Waals surface area contributed by atoms with E-state index in [9.17, 15) is 5.26 Å². The first-order valence-corrected chi connectivity index (χ1v) is 34.1. The van der Waals surface area contributed by atoms with Crippen LogP contribution in [-0.4, -0.2) is 13.7 Å². The molecule has 6 nitrogen and oxygen atoms in total. The molecule has 14 aromatic carbocycles. The van der Waals surface area contributed by atoms with Crippen LogP contribution in [0.2, 0.25) is 0 Å². The number of hydrogen-bond donors (Lipinski definition) is 0. The monoisotopic (exact) mass is 1250 g/mol. The molecule has 22 rings (SSSR count). The van der Waals surface area contributed by atoms with Crippen molar-refractivity contribution in [1.82, 2.24) is 13.7 Å². The van der Waals surface area contributed by atoms with Gasteiger partial charge in [0.25, 0.3) is 0 Å². The highest BCUT2D eigenvalue weighted by atomic mass is 32.1. The topological polar surface area (TPSA) is 64.9 Å². The van der Waals surface area contributed by atoms with E-state index in [2.05, 4.69) is 275 Å². The van der Waals surface area contributed by atoms with Gasteiger partial charge >= 0.3 is 0 Å². The lowest BCUT2D eigenvalue weighted by Crippen LogP contribution is -2.14. The molecular weight excluding hydrogens is 1210 g/mol.